The van der Waals surface area contributed by atoms with E-state index in [0.29, 0.717) is 11.9 Å². The molecule has 0 aliphatic rings. The van der Waals surface area contributed by atoms with Gasteiger partial charge >= 0.3 is 12.4 Å². The first-order valence-electron chi connectivity index (χ1n) is 7.45. The fraction of sp³-hybridized carbons (Fsp3) is 0.312. The second-order valence-corrected chi connectivity index (χ2v) is 5.45. The Balaban J connectivity index is 1.97. The quantitative estimate of drug-likeness (QED) is 0.782. The van der Waals surface area contributed by atoms with Crippen LogP contribution in [0.15, 0.2) is 36.7 Å². The predicted octanol–water partition coefficient (Wildman–Crippen LogP) is 3.93. The maximum atomic E-state index is 12.5. The Bertz CT molecular complexity index is 773. The van der Waals surface area contributed by atoms with Gasteiger partial charge in [0.05, 0.1) is 23.5 Å². The van der Waals surface area contributed by atoms with Crippen molar-refractivity contribution in [3.8, 4) is 5.75 Å². The second-order valence-electron chi connectivity index (χ2n) is 5.45. The zero-order chi connectivity index (χ0) is 20.2. The minimum atomic E-state index is -4.56. The molecule has 0 fully saturated rings. The third-order valence-corrected chi connectivity index (χ3v) is 3.28. The molecule has 5 nitrogen and oxygen atoms in total. The highest BCUT2D eigenvalue weighted by molar-refractivity contribution is 5.92. The fourth-order valence-corrected chi connectivity index (χ4v) is 1.94. The first-order valence-corrected chi connectivity index (χ1v) is 7.45. The second kappa shape index (κ2) is 7.80. The molecule has 0 spiro atoms. The van der Waals surface area contributed by atoms with E-state index in [2.05, 4.69) is 20.0 Å². The number of carbonyl (C=O) groups is 1. The van der Waals surface area contributed by atoms with Gasteiger partial charge < -0.3 is 10.1 Å². The van der Waals surface area contributed by atoms with Gasteiger partial charge in [0.15, 0.2) is 6.61 Å². The number of nitrogens with one attached hydrogen (secondary N) is 1. The van der Waals surface area contributed by atoms with Gasteiger partial charge in [0.1, 0.15) is 11.4 Å². The average molecular weight is 393 g/mol. The molecule has 0 bridgehead atoms. The number of alkyl halides is 6. The van der Waals surface area contributed by atoms with Crippen molar-refractivity contribution < 1.29 is 35.9 Å². The van der Waals surface area contributed by atoms with Crippen LogP contribution in [0, 0.1) is 0 Å². The van der Waals surface area contributed by atoms with Crippen molar-refractivity contribution in [1.29, 1.82) is 0 Å². The van der Waals surface area contributed by atoms with Crippen LogP contribution in [0.5, 0.6) is 5.75 Å². The summed E-state index contributed by atoms with van der Waals surface area (Å²) >= 11 is 0. The first-order chi connectivity index (χ1) is 12.5. The van der Waals surface area contributed by atoms with Crippen molar-refractivity contribution in [2.75, 3.05) is 6.61 Å². The third kappa shape index (κ3) is 6.12. The average Bonchev–Trinajstić information content (AvgIpc) is 2.59. The van der Waals surface area contributed by atoms with E-state index in [4.69, 9.17) is 0 Å². The summed E-state index contributed by atoms with van der Waals surface area (Å²) in [5, 5.41) is 2.48. The number of aromatic nitrogens is 2. The molecule has 1 N–H and O–H groups in total. The number of nitrogens with zero attached hydrogens (tertiary/aromatic N) is 2. The maximum Gasteiger partial charge on any atom is 0.422 e. The monoisotopic (exact) mass is 393 g/mol. The Morgan fingerprint density at radius 2 is 1.78 bits per heavy atom. The summed E-state index contributed by atoms with van der Waals surface area (Å²) in [5.41, 5.74) is -0.891. The number of hydrogen-bond acceptors (Lipinski definition) is 4. The van der Waals surface area contributed by atoms with E-state index in [9.17, 15) is 31.1 Å². The summed E-state index contributed by atoms with van der Waals surface area (Å²) in [6.07, 6.45) is -7.42. The SMILES string of the molecule is CC(NC(=O)c1ccc(C(F)(F)F)cn1)c1ccc(OCC(F)(F)F)cn1. The molecule has 0 aliphatic heterocycles. The van der Waals surface area contributed by atoms with Crippen molar-refractivity contribution in [1.82, 2.24) is 15.3 Å². The standard InChI is InChI=1S/C16H13F6N3O2/c1-9(12-5-3-11(7-24-12)27-8-15(17,18)19)25-14(26)13-4-2-10(6-23-13)16(20,21)22/h2-7,9H,8H2,1H3,(H,25,26). The molecule has 2 aromatic rings. The Kier molecular flexibility index (Phi) is 5.91. The fourth-order valence-electron chi connectivity index (χ4n) is 1.94. The molecule has 146 valence electrons. The Labute approximate surface area is 149 Å². The molecule has 27 heavy (non-hydrogen) atoms. The summed E-state index contributed by atoms with van der Waals surface area (Å²) in [5.74, 6) is -0.825. The van der Waals surface area contributed by atoms with Crippen molar-refractivity contribution in [3.63, 3.8) is 0 Å². The van der Waals surface area contributed by atoms with E-state index in [0.717, 1.165) is 18.3 Å². The molecular formula is C16H13F6N3O2. The summed E-state index contributed by atoms with van der Waals surface area (Å²) in [6.45, 7) is 0.0838. The van der Waals surface area contributed by atoms with Crippen LogP contribution in [-0.2, 0) is 6.18 Å². The number of amides is 1. The smallest absolute Gasteiger partial charge is 0.422 e. The predicted molar refractivity (Wildman–Crippen MR) is 80.9 cm³/mol. The van der Waals surface area contributed by atoms with Crippen LogP contribution in [-0.4, -0.2) is 28.7 Å². The van der Waals surface area contributed by atoms with Gasteiger partial charge in [0, 0.05) is 6.20 Å². The Morgan fingerprint density at radius 3 is 2.26 bits per heavy atom. The lowest BCUT2D eigenvalue weighted by Gasteiger charge is -2.14. The van der Waals surface area contributed by atoms with Crippen LogP contribution in [0.3, 0.4) is 0 Å². The van der Waals surface area contributed by atoms with E-state index >= 15 is 0 Å². The van der Waals surface area contributed by atoms with Gasteiger partial charge in [-0.15, -0.1) is 0 Å². The number of rotatable bonds is 5. The maximum absolute atomic E-state index is 12.5. The number of pyridine rings is 2. The van der Waals surface area contributed by atoms with E-state index in [1.54, 1.807) is 6.92 Å². The van der Waals surface area contributed by atoms with Crippen LogP contribution in [0.2, 0.25) is 0 Å². The molecule has 1 atom stereocenters. The lowest BCUT2D eigenvalue weighted by atomic mass is 10.2. The summed E-state index contributed by atoms with van der Waals surface area (Å²) in [4.78, 5) is 19.4. The largest absolute Gasteiger partial charge is 0.483 e. The number of hydrogen-bond donors (Lipinski definition) is 1. The molecule has 2 heterocycles. The van der Waals surface area contributed by atoms with E-state index in [1.807, 2.05) is 0 Å². The molecular weight excluding hydrogens is 380 g/mol. The highest BCUT2D eigenvalue weighted by Crippen LogP contribution is 2.28. The molecule has 2 rings (SSSR count). The van der Waals surface area contributed by atoms with Gasteiger partial charge in [-0.1, -0.05) is 0 Å². The van der Waals surface area contributed by atoms with Gasteiger partial charge in [-0.3, -0.25) is 14.8 Å². The molecule has 11 heteroatoms. The summed E-state index contributed by atoms with van der Waals surface area (Å²) in [7, 11) is 0. The topological polar surface area (TPSA) is 64.1 Å². The molecule has 0 radical (unpaired) electrons. The van der Waals surface area contributed by atoms with Gasteiger partial charge in [-0.25, -0.2) is 0 Å². The van der Waals surface area contributed by atoms with E-state index < -0.39 is 36.5 Å². The zero-order valence-corrected chi connectivity index (χ0v) is 13.7. The highest BCUT2D eigenvalue weighted by atomic mass is 19.4. The molecule has 1 amide bonds. The molecule has 1 unspecified atom stereocenters. The van der Waals surface area contributed by atoms with Crippen LogP contribution in [0.1, 0.15) is 34.7 Å². The van der Waals surface area contributed by atoms with Gasteiger partial charge in [-0.05, 0) is 31.2 Å². The minimum Gasteiger partial charge on any atom is -0.483 e. The van der Waals surface area contributed by atoms with Crippen molar-refractivity contribution in [3.05, 3.63) is 53.6 Å². The lowest BCUT2D eigenvalue weighted by molar-refractivity contribution is -0.153. The van der Waals surface area contributed by atoms with Crippen LogP contribution >= 0.6 is 0 Å². The summed E-state index contributed by atoms with van der Waals surface area (Å²) < 4.78 is 78.2. The van der Waals surface area contributed by atoms with E-state index in [1.165, 1.54) is 12.1 Å². The minimum absolute atomic E-state index is 0.0981. The number of carbonyl (C=O) groups excluding carboxylic acids is 1. The Hall–Kier alpha value is -2.85. The zero-order valence-electron chi connectivity index (χ0n) is 13.7. The van der Waals surface area contributed by atoms with Crippen molar-refractivity contribution in [2.24, 2.45) is 0 Å². The third-order valence-electron chi connectivity index (χ3n) is 3.28. The Morgan fingerprint density at radius 1 is 1.07 bits per heavy atom. The summed E-state index contributed by atoms with van der Waals surface area (Å²) in [6, 6.07) is 3.62. The van der Waals surface area contributed by atoms with Crippen LogP contribution < -0.4 is 10.1 Å². The molecule has 0 saturated heterocycles. The first kappa shape index (κ1) is 20.5. The van der Waals surface area contributed by atoms with Crippen LogP contribution in [0.25, 0.3) is 0 Å². The van der Waals surface area contributed by atoms with Crippen molar-refractivity contribution in [2.45, 2.75) is 25.3 Å². The van der Waals surface area contributed by atoms with Crippen molar-refractivity contribution >= 4 is 5.91 Å². The molecule has 2 aromatic heterocycles. The van der Waals surface area contributed by atoms with Gasteiger partial charge in [-0.2, -0.15) is 26.3 Å². The number of ether oxygens (including phenoxy) is 1. The molecule has 0 aliphatic carbocycles. The number of halogens is 6. The van der Waals surface area contributed by atoms with Gasteiger partial charge in [0.2, 0.25) is 0 Å². The highest BCUT2D eigenvalue weighted by Gasteiger charge is 2.31. The molecule has 0 saturated carbocycles. The van der Waals surface area contributed by atoms with E-state index in [-0.39, 0.29) is 11.4 Å². The normalized spacial score (nSPS) is 13.1. The lowest BCUT2D eigenvalue weighted by Crippen LogP contribution is -2.28. The molecule has 0 aromatic carbocycles. The van der Waals surface area contributed by atoms with Crippen LogP contribution in [0.4, 0.5) is 26.3 Å². The van der Waals surface area contributed by atoms with Gasteiger partial charge in [0.25, 0.3) is 5.91 Å².